The van der Waals surface area contributed by atoms with Crippen molar-refractivity contribution in [3.8, 4) is 17.1 Å². The molecular weight excluding hydrogens is 548 g/mol. The zero-order chi connectivity index (χ0) is 21.1. The summed E-state index contributed by atoms with van der Waals surface area (Å²) in [5.74, 6) is 0.974. The van der Waals surface area contributed by atoms with Crippen molar-refractivity contribution in [1.82, 2.24) is 9.97 Å². The number of nitrogens with zero attached hydrogens (tertiary/aromatic N) is 2. The molecule has 0 unspecified atom stereocenters. The van der Waals surface area contributed by atoms with Crippen LogP contribution in [0.4, 0.5) is 0 Å². The van der Waals surface area contributed by atoms with Crippen molar-refractivity contribution in [1.29, 1.82) is 0 Å². The van der Waals surface area contributed by atoms with Gasteiger partial charge in [0.05, 0.1) is 16.5 Å². The van der Waals surface area contributed by atoms with E-state index in [0.29, 0.717) is 44.7 Å². The van der Waals surface area contributed by atoms with Gasteiger partial charge in [0, 0.05) is 34.2 Å². The van der Waals surface area contributed by atoms with Crippen LogP contribution in [0.2, 0.25) is 10.0 Å². The Morgan fingerprint density at radius 1 is 1.03 bits per heavy atom. The predicted molar refractivity (Wildman–Crippen MR) is 119 cm³/mol. The fraction of sp³-hybridized carbons (Fsp3) is 0.174. The lowest BCUT2D eigenvalue weighted by Crippen LogP contribution is -3.00. The maximum atomic E-state index is 12.6. The molecule has 31 heavy (non-hydrogen) atoms. The average molecular weight is 568 g/mol. The molecule has 2 heterocycles. The number of ether oxygens (including phenoxy) is 1. The molecule has 0 radical (unpaired) electrons. The quantitative estimate of drug-likeness (QED) is 0.287. The molecule has 0 saturated carbocycles. The Bertz CT molecular complexity index is 1260. The van der Waals surface area contributed by atoms with E-state index in [2.05, 4.69) is 21.5 Å². The van der Waals surface area contributed by atoms with Gasteiger partial charge in [-0.1, -0.05) is 30.1 Å². The van der Waals surface area contributed by atoms with E-state index in [-0.39, 0.29) is 29.5 Å². The summed E-state index contributed by atoms with van der Waals surface area (Å²) in [5, 5.41) is 1.44. The summed E-state index contributed by atoms with van der Waals surface area (Å²) >= 11 is 12.2. The second-order valence-electron chi connectivity index (χ2n) is 6.95. The van der Waals surface area contributed by atoms with E-state index in [1.807, 2.05) is 24.5 Å². The van der Waals surface area contributed by atoms with Gasteiger partial charge in [0.15, 0.2) is 12.4 Å². The number of fused-ring (bicyclic) bond motifs is 1. The minimum Gasteiger partial charge on any atom is -1.00 e. The van der Waals surface area contributed by atoms with Gasteiger partial charge >= 0.3 is 0 Å². The van der Waals surface area contributed by atoms with Gasteiger partial charge in [-0.2, -0.15) is 0 Å². The Morgan fingerprint density at radius 2 is 1.74 bits per heavy atom. The molecular formula is C23H20Cl2IN3O2. The van der Waals surface area contributed by atoms with Crippen molar-refractivity contribution < 1.29 is 33.3 Å². The predicted octanol–water partition coefficient (Wildman–Crippen LogP) is 2.18. The smallest absolute Gasteiger partial charge is 0.259 e. The van der Waals surface area contributed by atoms with E-state index in [9.17, 15) is 4.79 Å². The van der Waals surface area contributed by atoms with Gasteiger partial charge in [0.1, 0.15) is 24.7 Å². The zero-order valence-corrected chi connectivity index (χ0v) is 20.4. The number of aryl methyl sites for hydroxylation is 1. The normalized spacial score (nSPS) is 10.7. The highest BCUT2D eigenvalue weighted by Crippen LogP contribution is 2.31. The van der Waals surface area contributed by atoms with Crippen molar-refractivity contribution in [3.05, 3.63) is 86.9 Å². The average Bonchev–Trinajstić information content (AvgIpc) is 2.74. The first-order valence-electron chi connectivity index (χ1n) is 9.64. The molecule has 5 nitrogen and oxygen atoms in total. The molecule has 2 aromatic carbocycles. The van der Waals surface area contributed by atoms with Crippen LogP contribution in [0, 0.1) is 0 Å². The number of hydrogen-bond donors (Lipinski definition) is 1. The number of pyridine rings is 1. The Hall–Kier alpha value is -2.16. The maximum Gasteiger partial charge on any atom is 0.259 e. The monoisotopic (exact) mass is 567 g/mol. The number of aromatic amines is 1. The SMILES string of the molecule is CCC[n+]1ccc(COc2ccc(Cl)cc2-c2nc3ccc(Cl)cc3c(=O)[nH]2)cc1.[I-]. The van der Waals surface area contributed by atoms with Crippen LogP contribution in [-0.2, 0) is 13.2 Å². The van der Waals surface area contributed by atoms with Gasteiger partial charge in [0.25, 0.3) is 5.56 Å². The molecule has 160 valence electrons. The minimum absolute atomic E-state index is 0. The van der Waals surface area contributed by atoms with Gasteiger partial charge in [0.2, 0.25) is 0 Å². The maximum absolute atomic E-state index is 12.6. The third kappa shape index (κ3) is 5.56. The van der Waals surface area contributed by atoms with Crippen LogP contribution in [0.15, 0.2) is 65.7 Å². The molecule has 0 atom stereocenters. The van der Waals surface area contributed by atoms with Crippen LogP contribution >= 0.6 is 23.2 Å². The van der Waals surface area contributed by atoms with Gasteiger partial charge in [-0.3, -0.25) is 4.79 Å². The van der Waals surface area contributed by atoms with Crippen LogP contribution in [0.3, 0.4) is 0 Å². The van der Waals surface area contributed by atoms with Crippen LogP contribution in [0.25, 0.3) is 22.3 Å². The lowest BCUT2D eigenvalue weighted by Gasteiger charge is -2.12. The first kappa shape index (κ1) is 23.5. The molecule has 0 spiro atoms. The van der Waals surface area contributed by atoms with Crippen molar-refractivity contribution in [2.24, 2.45) is 0 Å². The number of halogens is 3. The van der Waals surface area contributed by atoms with E-state index < -0.39 is 0 Å². The van der Waals surface area contributed by atoms with Crippen LogP contribution in [0.5, 0.6) is 5.75 Å². The summed E-state index contributed by atoms with van der Waals surface area (Å²) in [7, 11) is 0. The van der Waals surface area contributed by atoms with E-state index in [1.54, 1.807) is 36.4 Å². The van der Waals surface area contributed by atoms with Gasteiger partial charge in [-0.25, -0.2) is 9.55 Å². The molecule has 0 saturated heterocycles. The topological polar surface area (TPSA) is 58.9 Å². The van der Waals surface area contributed by atoms with Crippen molar-refractivity contribution in [3.63, 3.8) is 0 Å². The van der Waals surface area contributed by atoms with Crippen molar-refractivity contribution in [2.75, 3.05) is 0 Å². The molecule has 0 fully saturated rings. The third-order valence-corrected chi connectivity index (χ3v) is 5.17. The standard InChI is InChI=1S/C23H19Cl2N3O2.HI/c1-2-9-28-10-7-15(8-11-28)14-30-21-6-4-17(25)13-19(21)22-26-20-5-3-16(24)12-18(20)23(29)27-22;/h3-8,10-13H,2,9,14H2,1H3;1H. The second-order valence-corrected chi connectivity index (χ2v) is 7.82. The highest BCUT2D eigenvalue weighted by atomic mass is 127. The summed E-state index contributed by atoms with van der Waals surface area (Å²) in [6, 6.07) is 14.4. The number of nitrogens with one attached hydrogen (secondary N) is 1. The van der Waals surface area contributed by atoms with Gasteiger partial charge < -0.3 is 33.7 Å². The molecule has 0 amide bonds. The van der Waals surface area contributed by atoms with E-state index in [1.165, 1.54) is 0 Å². The van der Waals surface area contributed by atoms with Crippen molar-refractivity contribution >= 4 is 34.1 Å². The Labute approximate surface area is 207 Å². The molecule has 0 aliphatic carbocycles. The lowest BCUT2D eigenvalue weighted by atomic mass is 10.1. The highest BCUT2D eigenvalue weighted by molar-refractivity contribution is 6.31. The van der Waals surface area contributed by atoms with Gasteiger partial charge in [-0.15, -0.1) is 0 Å². The third-order valence-electron chi connectivity index (χ3n) is 4.70. The molecule has 0 aliphatic heterocycles. The summed E-state index contributed by atoms with van der Waals surface area (Å²) in [6.07, 6.45) is 5.16. The Kier molecular flexibility index (Phi) is 7.91. The fourth-order valence-electron chi connectivity index (χ4n) is 3.20. The van der Waals surface area contributed by atoms with Gasteiger partial charge in [-0.05, 0) is 36.4 Å². The number of H-pyrrole nitrogens is 1. The van der Waals surface area contributed by atoms with Crippen molar-refractivity contribution in [2.45, 2.75) is 26.5 Å². The molecule has 0 aliphatic rings. The van der Waals surface area contributed by atoms with E-state index in [0.717, 1.165) is 18.5 Å². The number of hydrogen-bond acceptors (Lipinski definition) is 3. The molecule has 1 N–H and O–H groups in total. The van der Waals surface area contributed by atoms with Crippen LogP contribution in [-0.4, -0.2) is 9.97 Å². The summed E-state index contributed by atoms with van der Waals surface area (Å²) in [6.45, 7) is 3.51. The number of aromatic nitrogens is 3. The van der Waals surface area contributed by atoms with E-state index in [4.69, 9.17) is 27.9 Å². The lowest BCUT2D eigenvalue weighted by molar-refractivity contribution is -0.697. The number of benzene rings is 2. The van der Waals surface area contributed by atoms with Crippen LogP contribution in [0.1, 0.15) is 18.9 Å². The Balaban J connectivity index is 0.00000272. The fourth-order valence-corrected chi connectivity index (χ4v) is 3.55. The molecule has 4 aromatic rings. The van der Waals surface area contributed by atoms with Crippen LogP contribution < -0.4 is 38.8 Å². The molecule has 0 bridgehead atoms. The second kappa shape index (κ2) is 10.4. The zero-order valence-electron chi connectivity index (χ0n) is 16.7. The first-order chi connectivity index (χ1) is 14.5. The summed E-state index contributed by atoms with van der Waals surface area (Å²) < 4.78 is 8.18. The first-order valence-corrected chi connectivity index (χ1v) is 10.4. The van der Waals surface area contributed by atoms with E-state index >= 15 is 0 Å². The molecule has 8 heteroatoms. The molecule has 4 rings (SSSR count). The number of rotatable bonds is 6. The molecule has 2 aromatic heterocycles. The minimum atomic E-state index is -0.271. The summed E-state index contributed by atoms with van der Waals surface area (Å²) in [4.78, 5) is 19.9. The Morgan fingerprint density at radius 3 is 2.48 bits per heavy atom. The summed E-state index contributed by atoms with van der Waals surface area (Å²) in [5.41, 5.74) is 1.94. The highest BCUT2D eigenvalue weighted by Gasteiger charge is 2.13. The largest absolute Gasteiger partial charge is 1.00 e.